The van der Waals surface area contributed by atoms with Crippen LogP contribution in [0.4, 0.5) is 0 Å². The maximum absolute atomic E-state index is 13.0. The molecular formula is C20H32N4O4S. The summed E-state index contributed by atoms with van der Waals surface area (Å²) < 4.78 is 31.7. The van der Waals surface area contributed by atoms with Gasteiger partial charge in [-0.3, -0.25) is 4.79 Å². The average molecular weight is 425 g/mol. The van der Waals surface area contributed by atoms with Crippen molar-refractivity contribution in [1.29, 1.82) is 0 Å². The number of carbonyl (C=O) groups is 1. The number of rotatable bonds is 5. The Kier molecular flexibility index (Phi) is 6.24. The van der Waals surface area contributed by atoms with Crippen molar-refractivity contribution in [2.45, 2.75) is 76.7 Å². The van der Waals surface area contributed by atoms with Crippen LogP contribution < -0.4 is 0 Å². The minimum Gasteiger partial charge on any atom is -0.423 e. The van der Waals surface area contributed by atoms with Gasteiger partial charge in [-0.05, 0) is 51.9 Å². The molecule has 3 heterocycles. The lowest BCUT2D eigenvalue weighted by atomic mass is 9.98. The van der Waals surface area contributed by atoms with Crippen molar-refractivity contribution >= 4 is 15.9 Å². The lowest BCUT2D eigenvalue weighted by molar-refractivity contribution is -0.140. The van der Waals surface area contributed by atoms with Gasteiger partial charge in [0.1, 0.15) is 6.04 Å². The van der Waals surface area contributed by atoms with Crippen molar-refractivity contribution in [3.8, 4) is 0 Å². The van der Waals surface area contributed by atoms with Gasteiger partial charge < -0.3 is 9.32 Å². The number of sulfonamides is 1. The number of hydrogen-bond donors (Lipinski definition) is 0. The molecule has 3 fully saturated rings. The topological polar surface area (TPSA) is 96.6 Å². The molecule has 1 amide bonds. The van der Waals surface area contributed by atoms with E-state index in [1.165, 1.54) is 0 Å². The summed E-state index contributed by atoms with van der Waals surface area (Å²) in [7, 11) is -3.14. The summed E-state index contributed by atoms with van der Waals surface area (Å²) in [4.78, 5) is 15.0. The first-order chi connectivity index (χ1) is 14.0. The van der Waals surface area contributed by atoms with E-state index in [0.717, 1.165) is 51.5 Å². The third-order valence-corrected chi connectivity index (χ3v) is 8.67. The average Bonchev–Trinajstić information content (AvgIpc) is 3.46. The summed E-state index contributed by atoms with van der Waals surface area (Å²) in [5.74, 6) is 1.77. The van der Waals surface area contributed by atoms with Gasteiger partial charge in [-0.1, -0.05) is 12.8 Å². The van der Waals surface area contributed by atoms with Gasteiger partial charge in [0.25, 0.3) is 0 Å². The van der Waals surface area contributed by atoms with Crippen molar-refractivity contribution in [2.24, 2.45) is 5.92 Å². The molecule has 1 saturated carbocycles. The van der Waals surface area contributed by atoms with Crippen molar-refractivity contribution < 1.29 is 17.6 Å². The van der Waals surface area contributed by atoms with E-state index in [0.29, 0.717) is 37.7 Å². The van der Waals surface area contributed by atoms with Crippen molar-refractivity contribution in [3.63, 3.8) is 0 Å². The first-order valence-corrected chi connectivity index (χ1v) is 12.7. The predicted molar refractivity (Wildman–Crippen MR) is 108 cm³/mol. The quantitative estimate of drug-likeness (QED) is 0.721. The van der Waals surface area contributed by atoms with Crippen LogP contribution in [0.15, 0.2) is 4.42 Å². The van der Waals surface area contributed by atoms with Crippen LogP contribution in [0.1, 0.15) is 88.5 Å². The van der Waals surface area contributed by atoms with Crippen LogP contribution in [-0.4, -0.2) is 59.1 Å². The highest BCUT2D eigenvalue weighted by Gasteiger charge is 2.37. The molecule has 0 radical (unpaired) electrons. The second-order valence-corrected chi connectivity index (χ2v) is 10.8. The third kappa shape index (κ3) is 4.35. The summed E-state index contributed by atoms with van der Waals surface area (Å²) in [6.45, 7) is 3.43. The fraction of sp³-hybridized carbons (Fsp3) is 0.850. The summed E-state index contributed by atoms with van der Waals surface area (Å²) in [6, 6.07) is -0.112. The smallest absolute Gasteiger partial charge is 0.238 e. The Balaban J connectivity index is 1.43. The number of amides is 1. The fourth-order valence-corrected chi connectivity index (χ4v) is 6.10. The van der Waals surface area contributed by atoms with Crippen LogP contribution in [0, 0.1) is 5.92 Å². The molecule has 0 spiro atoms. The lowest BCUT2D eigenvalue weighted by Gasteiger charge is -2.35. The minimum atomic E-state index is -3.14. The molecule has 8 nitrogen and oxygen atoms in total. The van der Waals surface area contributed by atoms with Gasteiger partial charge in [0.05, 0.1) is 5.75 Å². The number of hydrogen-bond acceptors (Lipinski definition) is 6. The molecule has 9 heteroatoms. The third-order valence-electron chi connectivity index (χ3n) is 6.79. The minimum absolute atomic E-state index is 0.0853. The van der Waals surface area contributed by atoms with Gasteiger partial charge in [0.2, 0.25) is 27.7 Å². The molecule has 1 aromatic heterocycles. The molecule has 1 aliphatic carbocycles. The van der Waals surface area contributed by atoms with Crippen molar-refractivity contribution in [2.75, 3.05) is 25.4 Å². The maximum atomic E-state index is 13.0. The first kappa shape index (κ1) is 20.8. The molecular weight excluding hydrogens is 392 g/mol. The molecule has 2 aliphatic heterocycles. The molecule has 1 aromatic rings. The monoisotopic (exact) mass is 424 g/mol. The largest absolute Gasteiger partial charge is 0.423 e. The van der Waals surface area contributed by atoms with Crippen molar-refractivity contribution in [3.05, 3.63) is 11.8 Å². The van der Waals surface area contributed by atoms with E-state index in [4.69, 9.17) is 4.42 Å². The van der Waals surface area contributed by atoms with Gasteiger partial charge in [0, 0.05) is 31.5 Å². The molecule has 0 aromatic carbocycles. The van der Waals surface area contributed by atoms with E-state index in [1.807, 2.05) is 4.90 Å². The van der Waals surface area contributed by atoms with Gasteiger partial charge >= 0.3 is 0 Å². The first-order valence-electron chi connectivity index (χ1n) is 11.1. The second kappa shape index (κ2) is 8.71. The van der Waals surface area contributed by atoms with Gasteiger partial charge in [-0.2, -0.15) is 0 Å². The van der Waals surface area contributed by atoms with E-state index in [1.54, 1.807) is 11.2 Å². The number of nitrogens with zero attached hydrogens (tertiary/aromatic N) is 4. The summed E-state index contributed by atoms with van der Waals surface area (Å²) >= 11 is 0. The zero-order valence-corrected chi connectivity index (χ0v) is 18.1. The summed E-state index contributed by atoms with van der Waals surface area (Å²) in [6.07, 6.45) is 8.62. The van der Waals surface area contributed by atoms with Crippen LogP contribution in [0.2, 0.25) is 0 Å². The Morgan fingerprint density at radius 2 is 1.62 bits per heavy atom. The van der Waals surface area contributed by atoms with Gasteiger partial charge in [0.15, 0.2) is 0 Å². The van der Waals surface area contributed by atoms with E-state index in [9.17, 15) is 13.2 Å². The Hall–Kier alpha value is -1.48. The Labute approximate surface area is 173 Å². The van der Waals surface area contributed by atoms with Crippen molar-refractivity contribution in [1.82, 2.24) is 19.4 Å². The van der Waals surface area contributed by atoms with Crippen LogP contribution in [0.25, 0.3) is 0 Å². The predicted octanol–water partition coefficient (Wildman–Crippen LogP) is 2.84. The Morgan fingerprint density at radius 3 is 2.31 bits per heavy atom. The SMILES string of the molecule is CCS(=O)(=O)N1CCC(c2nnc(C3CCCCN3C(=O)C3CCCC3)o2)CC1. The zero-order chi connectivity index (χ0) is 20.4. The molecule has 162 valence electrons. The number of carbonyl (C=O) groups excluding carboxylic acids is 1. The lowest BCUT2D eigenvalue weighted by Crippen LogP contribution is -2.41. The molecule has 4 rings (SSSR count). The molecule has 0 bridgehead atoms. The summed E-state index contributed by atoms with van der Waals surface area (Å²) in [5.41, 5.74) is 0. The normalized spacial score (nSPS) is 25.6. The molecule has 1 unspecified atom stereocenters. The van der Waals surface area contributed by atoms with E-state index in [-0.39, 0.29) is 29.5 Å². The van der Waals surface area contributed by atoms with Crippen LogP contribution in [0.5, 0.6) is 0 Å². The second-order valence-electron chi connectivity index (χ2n) is 8.58. The van der Waals surface area contributed by atoms with Crippen LogP contribution in [0.3, 0.4) is 0 Å². The molecule has 0 N–H and O–H groups in total. The Morgan fingerprint density at radius 1 is 0.966 bits per heavy atom. The maximum Gasteiger partial charge on any atom is 0.238 e. The molecule has 29 heavy (non-hydrogen) atoms. The van der Waals surface area contributed by atoms with E-state index >= 15 is 0 Å². The van der Waals surface area contributed by atoms with Gasteiger partial charge in [-0.15, -0.1) is 10.2 Å². The standard InChI is InChI=1S/C20H32N4O4S/c1-2-29(26,27)23-13-10-15(11-14-23)18-21-22-19(28-18)17-9-5-6-12-24(17)20(25)16-7-3-4-8-16/h15-17H,2-14H2,1H3. The number of likely N-dealkylation sites (tertiary alicyclic amines) is 1. The van der Waals surface area contributed by atoms with Gasteiger partial charge in [-0.25, -0.2) is 12.7 Å². The number of piperidine rings is 2. The zero-order valence-electron chi connectivity index (χ0n) is 17.3. The highest BCUT2D eigenvalue weighted by molar-refractivity contribution is 7.89. The molecule has 3 aliphatic rings. The Bertz CT molecular complexity index is 810. The van der Waals surface area contributed by atoms with Crippen LogP contribution >= 0.6 is 0 Å². The van der Waals surface area contributed by atoms with E-state index < -0.39 is 10.0 Å². The number of aromatic nitrogens is 2. The highest BCUT2D eigenvalue weighted by Crippen LogP contribution is 2.36. The summed E-state index contributed by atoms with van der Waals surface area (Å²) in [5, 5.41) is 8.61. The van der Waals surface area contributed by atoms with E-state index in [2.05, 4.69) is 10.2 Å². The molecule has 1 atom stereocenters. The fourth-order valence-electron chi connectivity index (χ4n) is 4.97. The highest BCUT2D eigenvalue weighted by atomic mass is 32.2. The van der Waals surface area contributed by atoms with Crippen LogP contribution in [-0.2, 0) is 14.8 Å². The molecule has 2 saturated heterocycles.